The van der Waals surface area contributed by atoms with Gasteiger partial charge in [0.2, 0.25) is 0 Å². The van der Waals surface area contributed by atoms with Gasteiger partial charge in [0.1, 0.15) is 0 Å². The van der Waals surface area contributed by atoms with E-state index in [-0.39, 0.29) is 6.04 Å². The molecule has 0 radical (unpaired) electrons. The number of nitrogens with one attached hydrogen (secondary N) is 1. The van der Waals surface area contributed by atoms with Gasteiger partial charge >= 0.3 is 0 Å². The monoisotopic (exact) mass is 173 g/mol. The summed E-state index contributed by atoms with van der Waals surface area (Å²) in [5.74, 6) is 0. The Morgan fingerprint density at radius 1 is 1.33 bits per heavy atom. The van der Waals surface area contributed by atoms with E-state index in [0.29, 0.717) is 6.04 Å². The fourth-order valence-corrected chi connectivity index (χ4v) is 1.15. The first-order valence-corrected chi connectivity index (χ1v) is 4.86. The molecule has 0 saturated carbocycles. The molecule has 2 nitrogen and oxygen atoms in total. The Morgan fingerprint density at radius 2 is 1.83 bits per heavy atom. The summed E-state index contributed by atoms with van der Waals surface area (Å²) < 4.78 is 0. The standard InChI is InChI=1S/C10H23NO/c1-6-7-8(2)11-9(3)10(4,5)12/h8-9,11-12H,6-7H2,1-5H3. The fraction of sp³-hybridized carbons (Fsp3) is 1.00. The van der Waals surface area contributed by atoms with E-state index in [1.807, 2.05) is 20.8 Å². The van der Waals surface area contributed by atoms with E-state index in [2.05, 4.69) is 19.2 Å². The molecular weight excluding hydrogens is 150 g/mol. The third kappa shape index (κ3) is 4.73. The first-order valence-electron chi connectivity index (χ1n) is 4.86. The summed E-state index contributed by atoms with van der Waals surface area (Å²) in [6.07, 6.45) is 2.35. The van der Waals surface area contributed by atoms with Gasteiger partial charge in [-0.15, -0.1) is 0 Å². The van der Waals surface area contributed by atoms with E-state index in [9.17, 15) is 5.11 Å². The van der Waals surface area contributed by atoms with Gasteiger partial charge in [-0.3, -0.25) is 0 Å². The van der Waals surface area contributed by atoms with Crippen molar-refractivity contribution in [3.63, 3.8) is 0 Å². The van der Waals surface area contributed by atoms with E-state index in [0.717, 1.165) is 0 Å². The maximum Gasteiger partial charge on any atom is 0.0741 e. The van der Waals surface area contributed by atoms with Crippen molar-refractivity contribution in [1.29, 1.82) is 0 Å². The zero-order valence-corrected chi connectivity index (χ0v) is 9.02. The molecule has 0 spiro atoms. The van der Waals surface area contributed by atoms with E-state index >= 15 is 0 Å². The Labute approximate surface area is 76.4 Å². The van der Waals surface area contributed by atoms with Crippen molar-refractivity contribution in [3.8, 4) is 0 Å². The molecule has 0 amide bonds. The topological polar surface area (TPSA) is 32.3 Å². The Hall–Kier alpha value is -0.0800. The van der Waals surface area contributed by atoms with E-state index in [1.165, 1.54) is 12.8 Å². The molecule has 0 aliphatic heterocycles. The molecule has 2 atom stereocenters. The largest absolute Gasteiger partial charge is 0.389 e. The van der Waals surface area contributed by atoms with Gasteiger partial charge < -0.3 is 10.4 Å². The zero-order valence-electron chi connectivity index (χ0n) is 9.02. The normalized spacial score (nSPS) is 17.5. The van der Waals surface area contributed by atoms with Crippen molar-refractivity contribution in [2.24, 2.45) is 0 Å². The second-order valence-electron chi connectivity index (χ2n) is 4.23. The third-order valence-electron chi connectivity index (χ3n) is 2.32. The molecule has 74 valence electrons. The van der Waals surface area contributed by atoms with Crippen molar-refractivity contribution in [3.05, 3.63) is 0 Å². The molecule has 2 heteroatoms. The smallest absolute Gasteiger partial charge is 0.0741 e. The summed E-state index contributed by atoms with van der Waals surface area (Å²) in [4.78, 5) is 0. The molecule has 0 rings (SSSR count). The number of hydrogen-bond donors (Lipinski definition) is 2. The van der Waals surface area contributed by atoms with Crippen molar-refractivity contribution in [1.82, 2.24) is 5.32 Å². The van der Waals surface area contributed by atoms with Gasteiger partial charge in [-0.05, 0) is 34.1 Å². The van der Waals surface area contributed by atoms with Crippen LogP contribution in [0.4, 0.5) is 0 Å². The lowest BCUT2D eigenvalue weighted by molar-refractivity contribution is 0.0402. The quantitative estimate of drug-likeness (QED) is 0.666. The van der Waals surface area contributed by atoms with Gasteiger partial charge in [0.15, 0.2) is 0 Å². The Bertz CT molecular complexity index is 117. The molecule has 0 aliphatic rings. The van der Waals surface area contributed by atoms with Crippen molar-refractivity contribution >= 4 is 0 Å². The second-order valence-corrected chi connectivity index (χ2v) is 4.23. The first kappa shape index (κ1) is 11.9. The van der Waals surface area contributed by atoms with Gasteiger partial charge in [-0.2, -0.15) is 0 Å². The number of rotatable bonds is 5. The van der Waals surface area contributed by atoms with Crippen LogP contribution in [0.2, 0.25) is 0 Å². The van der Waals surface area contributed by atoms with Crippen LogP contribution in [0.3, 0.4) is 0 Å². The predicted molar refractivity (Wildman–Crippen MR) is 53.3 cm³/mol. The summed E-state index contributed by atoms with van der Waals surface area (Å²) in [5, 5.41) is 13.0. The molecule has 0 aliphatic carbocycles. The van der Waals surface area contributed by atoms with Crippen LogP contribution in [0.25, 0.3) is 0 Å². The highest BCUT2D eigenvalue weighted by molar-refractivity contribution is 4.81. The fourth-order valence-electron chi connectivity index (χ4n) is 1.15. The van der Waals surface area contributed by atoms with Crippen LogP contribution in [0.15, 0.2) is 0 Å². The Morgan fingerprint density at radius 3 is 2.17 bits per heavy atom. The minimum absolute atomic E-state index is 0.152. The van der Waals surface area contributed by atoms with Crippen LogP contribution in [-0.2, 0) is 0 Å². The van der Waals surface area contributed by atoms with E-state index < -0.39 is 5.60 Å². The molecule has 0 fully saturated rings. The lowest BCUT2D eigenvalue weighted by Crippen LogP contribution is -2.47. The summed E-state index contributed by atoms with van der Waals surface area (Å²) in [6, 6.07) is 0.649. The van der Waals surface area contributed by atoms with Crippen LogP contribution in [-0.4, -0.2) is 22.8 Å². The number of aliphatic hydroxyl groups is 1. The van der Waals surface area contributed by atoms with Crippen LogP contribution in [0.5, 0.6) is 0 Å². The molecule has 0 saturated heterocycles. The predicted octanol–water partition coefficient (Wildman–Crippen LogP) is 1.92. The van der Waals surface area contributed by atoms with Crippen molar-refractivity contribution < 1.29 is 5.11 Å². The van der Waals surface area contributed by atoms with Gasteiger partial charge in [-0.25, -0.2) is 0 Å². The molecule has 12 heavy (non-hydrogen) atoms. The second kappa shape index (κ2) is 4.83. The maximum absolute atomic E-state index is 9.64. The molecule has 0 bridgehead atoms. The van der Waals surface area contributed by atoms with Crippen molar-refractivity contribution in [2.45, 2.75) is 65.1 Å². The van der Waals surface area contributed by atoms with Gasteiger partial charge in [0, 0.05) is 12.1 Å². The van der Waals surface area contributed by atoms with E-state index in [4.69, 9.17) is 0 Å². The average molecular weight is 173 g/mol. The minimum atomic E-state index is -0.623. The molecule has 0 heterocycles. The Kier molecular flexibility index (Phi) is 4.80. The highest BCUT2D eigenvalue weighted by atomic mass is 16.3. The highest BCUT2D eigenvalue weighted by Gasteiger charge is 2.22. The molecule has 2 unspecified atom stereocenters. The first-order chi connectivity index (χ1) is 5.38. The Balaban J connectivity index is 3.76. The van der Waals surface area contributed by atoms with Crippen LogP contribution in [0.1, 0.15) is 47.5 Å². The minimum Gasteiger partial charge on any atom is -0.389 e. The van der Waals surface area contributed by atoms with Crippen LogP contribution >= 0.6 is 0 Å². The summed E-state index contributed by atoms with van der Waals surface area (Å²) >= 11 is 0. The SMILES string of the molecule is CCCC(C)NC(C)C(C)(C)O. The van der Waals surface area contributed by atoms with Crippen LogP contribution < -0.4 is 5.32 Å². The van der Waals surface area contributed by atoms with Gasteiger partial charge in [0.25, 0.3) is 0 Å². The lowest BCUT2D eigenvalue weighted by atomic mass is 9.99. The maximum atomic E-state index is 9.64. The summed E-state index contributed by atoms with van der Waals surface area (Å²) in [7, 11) is 0. The van der Waals surface area contributed by atoms with Gasteiger partial charge in [-0.1, -0.05) is 13.3 Å². The average Bonchev–Trinajstić information content (AvgIpc) is 1.85. The highest BCUT2D eigenvalue weighted by Crippen LogP contribution is 2.09. The zero-order chi connectivity index (χ0) is 9.78. The molecule has 2 N–H and O–H groups in total. The lowest BCUT2D eigenvalue weighted by Gasteiger charge is -2.29. The van der Waals surface area contributed by atoms with Gasteiger partial charge in [0.05, 0.1) is 5.60 Å². The molecule has 0 aromatic rings. The van der Waals surface area contributed by atoms with E-state index in [1.54, 1.807) is 0 Å². The van der Waals surface area contributed by atoms with Crippen LogP contribution in [0, 0.1) is 0 Å². The van der Waals surface area contributed by atoms with Crippen molar-refractivity contribution in [2.75, 3.05) is 0 Å². The molecular formula is C10H23NO. The molecule has 0 aromatic carbocycles. The third-order valence-corrected chi connectivity index (χ3v) is 2.32. The summed E-state index contributed by atoms with van der Waals surface area (Å²) in [6.45, 7) is 10.0. The number of hydrogen-bond acceptors (Lipinski definition) is 2. The molecule has 0 aromatic heterocycles. The summed E-state index contributed by atoms with van der Waals surface area (Å²) in [5.41, 5.74) is -0.623.